The zero-order chi connectivity index (χ0) is 10.4. The Morgan fingerprint density at radius 2 is 2.50 bits per heavy atom. The van der Waals surface area contributed by atoms with E-state index in [0.29, 0.717) is 13.0 Å². The van der Waals surface area contributed by atoms with E-state index in [4.69, 9.17) is 5.73 Å². The summed E-state index contributed by atoms with van der Waals surface area (Å²) in [4.78, 5) is 15.2. The van der Waals surface area contributed by atoms with Crippen LogP contribution in [0.1, 0.15) is 24.9 Å². The largest absolute Gasteiger partial charge is 0.349 e. The molecule has 0 spiro atoms. The molecule has 0 saturated carbocycles. The van der Waals surface area contributed by atoms with E-state index < -0.39 is 0 Å². The first-order chi connectivity index (χ1) is 6.74. The molecule has 1 amide bonds. The molecule has 0 radical (unpaired) electrons. The first kappa shape index (κ1) is 10.7. The van der Waals surface area contributed by atoms with E-state index >= 15 is 0 Å². The Hall–Kier alpha value is -1.42. The minimum atomic E-state index is -0.0242. The van der Waals surface area contributed by atoms with Crippen LogP contribution < -0.4 is 11.1 Å². The monoisotopic (exact) mass is 193 g/mol. The summed E-state index contributed by atoms with van der Waals surface area (Å²) in [5.74, 6) is -0.0242. The molecule has 1 atom stereocenters. The minimum absolute atomic E-state index is 0.0113. The lowest BCUT2D eigenvalue weighted by molar-refractivity contribution is -0.121. The number of aromatic nitrogens is 1. The lowest BCUT2D eigenvalue weighted by atomic mass is 10.1. The smallest absolute Gasteiger partial charge is 0.221 e. The van der Waals surface area contributed by atoms with E-state index in [0.717, 1.165) is 5.56 Å². The summed E-state index contributed by atoms with van der Waals surface area (Å²) >= 11 is 0. The Balaban J connectivity index is 2.50. The maximum atomic E-state index is 11.2. The Morgan fingerprint density at radius 3 is 3.07 bits per heavy atom. The highest BCUT2D eigenvalue weighted by Gasteiger charge is 2.07. The topological polar surface area (TPSA) is 68.0 Å². The molecular formula is C10H15N3O. The van der Waals surface area contributed by atoms with Crippen LogP contribution in [-0.2, 0) is 4.79 Å². The van der Waals surface area contributed by atoms with E-state index in [9.17, 15) is 4.79 Å². The second-order valence-electron chi connectivity index (χ2n) is 3.11. The average Bonchev–Trinajstić information content (AvgIpc) is 2.19. The number of nitrogens with one attached hydrogen (secondary N) is 1. The summed E-state index contributed by atoms with van der Waals surface area (Å²) in [5, 5.41) is 2.84. The molecule has 0 bridgehead atoms. The lowest BCUT2D eigenvalue weighted by Gasteiger charge is -2.13. The second kappa shape index (κ2) is 5.34. The van der Waals surface area contributed by atoms with Gasteiger partial charge in [0.2, 0.25) is 5.91 Å². The molecule has 1 aromatic heterocycles. The number of rotatable bonds is 4. The van der Waals surface area contributed by atoms with E-state index in [1.165, 1.54) is 0 Å². The molecule has 3 N–H and O–H groups in total. The molecule has 0 aromatic carbocycles. The van der Waals surface area contributed by atoms with Crippen LogP contribution in [-0.4, -0.2) is 17.4 Å². The number of pyridine rings is 1. The molecule has 1 rings (SSSR count). The predicted octanol–water partition coefficient (Wildman–Crippen LogP) is 0.608. The van der Waals surface area contributed by atoms with Gasteiger partial charge in [-0.3, -0.25) is 9.78 Å². The molecule has 0 aliphatic heterocycles. The van der Waals surface area contributed by atoms with E-state index in [-0.39, 0.29) is 11.9 Å². The molecule has 4 heteroatoms. The summed E-state index contributed by atoms with van der Waals surface area (Å²) in [7, 11) is 0. The maximum Gasteiger partial charge on any atom is 0.221 e. The van der Waals surface area contributed by atoms with Gasteiger partial charge in [0.15, 0.2) is 0 Å². The van der Waals surface area contributed by atoms with Crippen LogP contribution in [0.4, 0.5) is 0 Å². The summed E-state index contributed by atoms with van der Waals surface area (Å²) in [6, 6.07) is 3.77. The van der Waals surface area contributed by atoms with Crippen LogP contribution in [0.25, 0.3) is 0 Å². The van der Waals surface area contributed by atoms with Gasteiger partial charge in [0.1, 0.15) is 0 Å². The molecule has 0 unspecified atom stereocenters. The fraction of sp³-hybridized carbons (Fsp3) is 0.400. The van der Waals surface area contributed by atoms with E-state index in [1.54, 1.807) is 12.4 Å². The van der Waals surface area contributed by atoms with Gasteiger partial charge in [-0.15, -0.1) is 0 Å². The average molecular weight is 193 g/mol. The Bertz CT molecular complexity index is 287. The molecule has 0 aliphatic rings. The van der Waals surface area contributed by atoms with Crippen LogP contribution in [0.15, 0.2) is 24.5 Å². The van der Waals surface area contributed by atoms with Crippen molar-refractivity contribution in [1.29, 1.82) is 0 Å². The fourth-order valence-electron chi connectivity index (χ4n) is 1.16. The highest BCUT2D eigenvalue weighted by molar-refractivity contribution is 5.76. The molecule has 76 valence electrons. The third-order valence-electron chi connectivity index (χ3n) is 1.93. The van der Waals surface area contributed by atoms with Crippen molar-refractivity contribution in [2.45, 2.75) is 19.4 Å². The second-order valence-corrected chi connectivity index (χ2v) is 3.11. The fourth-order valence-corrected chi connectivity index (χ4v) is 1.16. The highest BCUT2D eigenvalue weighted by Crippen LogP contribution is 2.09. The van der Waals surface area contributed by atoms with Gasteiger partial charge in [-0.2, -0.15) is 0 Å². The van der Waals surface area contributed by atoms with Gasteiger partial charge in [-0.1, -0.05) is 6.07 Å². The molecule has 0 aliphatic carbocycles. The van der Waals surface area contributed by atoms with Gasteiger partial charge in [0, 0.05) is 25.4 Å². The van der Waals surface area contributed by atoms with Crippen LogP contribution >= 0.6 is 0 Å². The lowest BCUT2D eigenvalue weighted by Crippen LogP contribution is -2.28. The molecular weight excluding hydrogens is 178 g/mol. The summed E-state index contributed by atoms with van der Waals surface area (Å²) in [6.45, 7) is 2.30. The van der Waals surface area contributed by atoms with Gasteiger partial charge < -0.3 is 11.1 Å². The molecule has 1 heterocycles. The normalized spacial score (nSPS) is 12.1. The third kappa shape index (κ3) is 3.14. The molecule has 0 saturated heterocycles. The zero-order valence-electron chi connectivity index (χ0n) is 8.23. The number of hydrogen-bond donors (Lipinski definition) is 2. The number of nitrogens with two attached hydrogens (primary N) is 1. The summed E-state index contributed by atoms with van der Waals surface area (Å²) in [6.07, 6.45) is 3.82. The Labute approximate surface area is 83.5 Å². The van der Waals surface area contributed by atoms with Gasteiger partial charge >= 0.3 is 0 Å². The van der Waals surface area contributed by atoms with Gasteiger partial charge in [-0.05, 0) is 18.6 Å². The highest BCUT2D eigenvalue weighted by atomic mass is 16.1. The Morgan fingerprint density at radius 1 is 1.71 bits per heavy atom. The van der Waals surface area contributed by atoms with Crippen molar-refractivity contribution in [2.24, 2.45) is 5.73 Å². The van der Waals surface area contributed by atoms with Crippen molar-refractivity contribution in [3.8, 4) is 0 Å². The van der Waals surface area contributed by atoms with Crippen LogP contribution in [0.2, 0.25) is 0 Å². The van der Waals surface area contributed by atoms with Gasteiger partial charge in [0.25, 0.3) is 0 Å². The van der Waals surface area contributed by atoms with Crippen LogP contribution in [0.3, 0.4) is 0 Å². The number of carbonyl (C=O) groups is 1. The van der Waals surface area contributed by atoms with Crippen molar-refractivity contribution < 1.29 is 4.79 Å². The van der Waals surface area contributed by atoms with Crippen LogP contribution in [0.5, 0.6) is 0 Å². The summed E-state index contributed by atoms with van der Waals surface area (Å²) in [5.41, 5.74) is 6.27. The number of amides is 1. The first-order valence-electron chi connectivity index (χ1n) is 4.63. The molecule has 0 fully saturated rings. The predicted molar refractivity (Wildman–Crippen MR) is 54.5 cm³/mol. The van der Waals surface area contributed by atoms with Crippen molar-refractivity contribution in [3.63, 3.8) is 0 Å². The van der Waals surface area contributed by atoms with E-state index in [1.807, 2.05) is 19.1 Å². The van der Waals surface area contributed by atoms with E-state index in [2.05, 4.69) is 10.3 Å². The number of nitrogens with zero attached hydrogens (tertiary/aromatic N) is 1. The SMILES string of the molecule is C[C@H](NC(=O)CCN)c1cccnc1. The molecule has 1 aromatic rings. The zero-order valence-corrected chi connectivity index (χ0v) is 8.23. The quantitative estimate of drug-likeness (QED) is 0.736. The molecule has 14 heavy (non-hydrogen) atoms. The van der Waals surface area contributed by atoms with Crippen molar-refractivity contribution >= 4 is 5.91 Å². The molecule has 4 nitrogen and oxygen atoms in total. The maximum absolute atomic E-state index is 11.2. The standard InChI is InChI=1S/C10H15N3O/c1-8(13-10(14)4-5-11)9-3-2-6-12-7-9/h2-3,6-8H,4-5,11H2,1H3,(H,13,14)/t8-/m0/s1. The first-order valence-corrected chi connectivity index (χ1v) is 4.63. The van der Waals surface area contributed by atoms with Crippen molar-refractivity contribution in [2.75, 3.05) is 6.54 Å². The number of carbonyl (C=O) groups excluding carboxylic acids is 1. The minimum Gasteiger partial charge on any atom is -0.349 e. The van der Waals surface area contributed by atoms with Crippen molar-refractivity contribution in [3.05, 3.63) is 30.1 Å². The third-order valence-corrected chi connectivity index (χ3v) is 1.93. The number of hydrogen-bond acceptors (Lipinski definition) is 3. The van der Waals surface area contributed by atoms with Crippen LogP contribution in [0, 0.1) is 0 Å². The van der Waals surface area contributed by atoms with Crippen molar-refractivity contribution in [1.82, 2.24) is 10.3 Å². The van der Waals surface area contributed by atoms with Gasteiger partial charge in [-0.25, -0.2) is 0 Å². The summed E-state index contributed by atoms with van der Waals surface area (Å²) < 4.78 is 0. The van der Waals surface area contributed by atoms with Gasteiger partial charge in [0.05, 0.1) is 6.04 Å². The Kier molecular flexibility index (Phi) is 4.07.